The molecule has 3 rings (SSSR count). The zero-order chi connectivity index (χ0) is 32.5. The molecule has 0 radical (unpaired) electrons. The fraction of sp³-hybridized carbons (Fsp3) is 0.320. The zero-order valence-electron chi connectivity index (χ0n) is 23.2. The van der Waals surface area contributed by atoms with Crippen molar-refractivity contribution >= 4 is 22.1 Å². The van der Waals surface area contributed by atoms with Crippen LogP contribution >= 0.6 is 0 Å². The number of aryl methyl sites for hydroxylation is 1. The van der Waals surface area contributed by atoms with Crippen molar-refractivity contribution in [1.29, 1.82) is 0 Å². The Morgan fingerprint density at radius 2 is 1.77 bits per heavy atom. The smallest absolute Gasteiger partial charge is 0.435 e. The quantitative estimate of drug-likeness (QED) is 0.0695. The molecule has 0 aliphatic carbocycles. The van der Waals surface area contributed by atoms with Gasteiger partial charge in [-0.15, -0.1) is 5.01 Å². The Labute approximate surface area is 248 Å². The number of sulfonamides is 1. The van der Waals surface area contributed by atoms with Crippen molar-refractivity contribution in [2.24, 2.45) is 5.28 Å². The van der Waals surface area contributed by atoms with Crippen LogP contribution in [0.5, 0.6) is 0 Å². The highest BCUT2D eigenvalue weighted by Crippen LogP contribution is 2.33. The molecule has 0 spiro atoms. The van der Waals surface area contributed by atoms with E-state index < -0.39 is 58.9 Å². The van der Waals surface area contributed by atoms with Gasteiger partial charge in [-0.3, -0.25) is 4.79 Å². The van der Waals surface area contributed by atoms with E-state index in [1.165, 1.54) is 12.1 Å². The maximum atomic E-state index is 13.5. The van der Waals surface area contributed by atoms with E-state index in [1.807, 2.05) is 6.92 Å². The highest BCUT2D eigenvalue weighted by molar-refractivity contribution is 7.90. The van der Waals surface area contributed by atoms with E-state index in [1.54, 1.807) is 29.0 Å². The highest BCUT2D eigenvalue weighted by atomic mass is 32.2. The number of ether oxygens (including phenoxy) is 2. The Morgan fingerprint density at radius 1 is 1.11 bits per heavy atom. The summed E-state index contributed by atoms with van der Waals surface area (Å²) in [6.07, 6.45) is -6.13. The number of aliphatic hydroxyl groups excluding tert-OH is 1. The molecule has 1 aromatic heterocycles. The molecular weight excluding hydrogens is 617 g/mol. The first-order chi connectivity index (χ1) is 20.7. The molecule has 2 aromatic carbocycles. The molecule has 15 nitrogen and oxygen atoms in total. The summed E-state index contributed by atoms with van der Waals surface area (Å²) in [6.45, 7) is 0.627. The summed E-state index contributed by atoms with van der Waals surface area (Å²) in [6, 6.07) is 12.1. The van der Waals surface area contributed by atoms with Gasteiger partial charge in [0.05, 0.1) is 27.9 Å². The number of esters is 1. The van der Waals surface area contributed by atoms with Crippen LogP contribution in [0.2, 0.25) is 0 Å². The minimum Gasteiger partial charge on any atom is -0.569 e. The number of benzene rings is 2. The number of carbonyl (C=O) groups excluding carboxylic acids is 2. The van der Waals surface area contributed by atoms with Gasteiger partial charge < -0.3 is 24.6 Å². The van der Waals surface area contributed by atoms with Gasteiger partial charge in [0, 0.05) is 12.5 Å². The van der Waals surface area contributed by atoms with Crippen LogP contribution < -0.4 is 4.72 Å². The molecule has 0 aliphatic rings. The van der Waals surface area contributed by atoms with E-state index in [0.717, 1.165) is 40.4 Å². The number of nitrogens with zero attached hydrogens (tertiary/aromatic N) is 5. The average molecular weight is 645 g/mol. The van der Waals surface area contributed by atoms with Crippen LogP contribution in [0.1, 0.15) is 18.2 Å². The lowest BCUT2D eigenvalue weighted by molar-refractivity contribution is -0.712. The Bertz CT molecular complexity index is 1580. The summed E-state index contributed by atoms with van der Waals surface area (Å²) in [4.78, 5) is 26.8. The van der Waals surface area contributed by atoms with Gasteiger partial charge in [0.2, 0.25) is 5.28 Å². The molecule has 19 heteroatoms. The van der Waals surface area contributed by atoms with Crippen molar-refractivity contribution in [1.82, 2.24) is 19.5 Å². The zero-order valence-corrected chi connectivity index (χ0v) is 24.0. The number of aromatic nitrogens is 2. The summed E-state index contributed by atoms with van der Waals surface area (Å²) in [7, 11) is -4.48. The number of hydrogen-bond donors (Lipinski definition) is 2. The maximum Gasteiger partial charge on any atom is 0.435 e. The highest BCUT2D eigenvalue weighted by Gasteiger charge is 2.35. The van der Waals surface area contributed by atoms with E-state index in [4.69, 9.17) is 9.84 Å². The van der Waals surface area contributed by atoms with E-state index in [9.17, 15) is 36.4 Å². The first-order valence-electron chi connectivity index (χ1n) is 12.5. The number of alkyl halides is 3. The number of amides is 1. The van der Waals surface area contributed by atoms with Crippen LogP contribution in [-0.2, 0) is 35.3 Å². The number of aliphatic hydroxyl groups is 1. The maximum absolute atomic E-state index is 13.5. The van der Waals surface area contributed by atoms with Crippen molar-refractivity contribution in [2.75, 3.05) is 33.1 Å². The Hall–Kier alpha value is -4.91. The Morgan fingerprint density at radius 3 is 2.36 bits per heavy atom. The lowest BCUT2D eigenvalue weighted by Crippen LogP contribution is -2.38. The second kappa shape index (κ2) is 14.5. The molecule has 3 aromatic rings. The number of halogens is 3. The first kappa shape index (κ1) is 33.6. The minimum atomic E-state index is -4.73. The van der Waals surface area contributed by atoms with Crippen molar-refractivity contribution in [3.05, 3.63) is 71.1 Å². The second-order valence-corrected chi connectivity index (χ2v) is 10.5. The van der Waals surface area contributed by atoms with E-state index >= 15 is 0 Å². The number of carbonyl (C=O) groups is 2. The topological polar surface area (TPSA) is 188 Å². The monoisotopic (exact) mass is 644 g/mol. The standard InChI is InChI=1S/C25H27F3N6O9S/c1-17-3-5-19(6-4-17)22-15-23(25(26,27)28)29-33(22)20-7-9-21(10-8-20)44(39,40)30-24(37)41-14-12-32(11-13-35)34(38)31-43-16-42-18(2)36/h3-10,15,35H,11-14,16H2,1-2H3,(H,30,37)/b34-31-. The number of rotatable bonds is 13. The Kier molecular flexibility index (Phi) is 11.1. The van der Waals surface area contributed by atoms with E-state index in [-0.39, 0.29) is 29.4 Å². The first-order valence-corrected chi connectivity index (χ1v) is 14.0. The summed E-state index contributed by atoms with van der Waals surface area (Å²) in [5.74, 6) is -0.681. The van der Waals surface area contributed by atoms with Crippen LogP contribution in [0, 0.1) is 12.1 Å². The number of hydrazine groups is 1. The molecule has 0 atom stereocenters. The summed E-state index contributed by atoms with van der Waals surface area (Å²) < 4.78 is 77.7. The summed E-state index contributed by atoms with van der Waals surface area (Å²) in [5, 5.41) is 28.6. The lowest BCUT2D eigenvalue weighted by Gasteiger charge is -2.17. The third-order valence-corrected chi connectivity index (χ3v) is 6.91. The van der Waals surface area contributed by atoms with Crippen LogP contribution in [0.25, 0.3) is 16.9 Å². The molecular formula is C25H27F3N6O9S. The van der Waals surface area contributed by atoms with Gasteiger partial charge in [-0.2, -0.15) is 18.3 Å². The van der Waals surface area contributed by atoms with Crippen LogP contribution in [0.4, 0.5) is 18.0 Å². The fourth-order valence-electron chi connectivity index (χ4n) is 3.49. The van der Waals surface area contributed by atoms with Crippen LogP contribution in [0.3, 0.4) is 0 Å². The normalized spacial score (nSPS) is 12.0. The SMILES string of the molecule is CC(=O)OCO/N=[N+](\[O-])N(CCO)CCOC(=O)NS(=O)(=O)c1ccc(-n2nc(C(F)(F)F)cc2-c2ccc(C)cc2)cc1. The molecule has 0 saturated carbocycles. The molecule has 0 saturated heterocycles. The third kappa shape index (κ3) is 9.30. The van der Waals surface area contributed by atoms with E-state index in [2.05, 4.69) is 20.0 Å². The Balaban J connectivity index is 1.67. The van der Waals surface area contributed by atoms with Crippen LogP contribution in [-0.4, -0.2) is 78.4 Å². The molecule has 238 valence electrons. The predicted molar refractivity (Wildman–Crippen MR) is 143 cm³/mol. The van der Waals surface area contributed by atoms with Gasteiger partial charge in [0.1, 0.15) is 19.7 Å². The van der Waals surface area contributed by atoms with Crippen LogP contribution in [0.15, 0.2) is 64.8 Å². The van der Waals surface area contributed by atoms with E-state index in [0.29, 0.717) is 5.56 Å². The van der Waals surface area contributed by atoms with Gasteiger partial charge in [0.15, 0.2) is 5.69 Å². The third-order valence-electron chi connectivity index (χ3n) is 5.58. The average Bonchev–Trinajstić information content (AvgIpc) is 3.41. The molecule has 0 fully saturated rings. The van der Waals surface area contributed by atoms with Gasteiger partial charge in [-0.1, -0.05) is 29.8 Å². The lowest BCUT2D eigenvalue weighted by atomic mass is 10.1. The molecule has 0 unspecified atom stereocenters. The van der Waals surface area contributed by atoms with Gasteiger partial charge in [-0.05, 0) is 37.3 Å². The number of nitrogens with one attached hydrogen (secondary N) is 1. The molecule has 0 aliphatic heterocycles. The van der Waals surface area contributed by atoms with Crippen molar-refractivity contribution in [2.45, 2.75) is 24.9 Å². The van der Waals surface area contributed by atoms with Crippen molar-refractivity contribution < 1.29 is 55.6 Å². The summed E-state index contributed by atoms with van der Waals surface area (Å²) in [5.41, 5.74) is 0.427. The van der Waals surface area contributed by atoms with Crippen molar-refractivity contribution in [3.63, 3.8) is 0 Å². The largest absolute Gasteiger partial charge is 0.569 e. The van der Waals surface area contributed by atoms with Gasteiger partial charge >= 0.3 is 18.2 Å². The predicted octanol–water partition coefficient (Wildman–Crippen LogP) is 2.91. The molecule has 0 bridgehead atoms. The second-order valence-electron chi connectivity index (χ2n) is 8.82. The molecule has 1 heterocycles. The fourth-order valence-corrected chi connectivity index (χ4v) is 4.38. The van der Waals surface area contributed by atoms with Gasteiger partial charge in [0.25, 0.3) is 16.8 Å². The molecule has 2 N–H and O–H groups in total. The molecule has 44 heavy (non-hydrogen) atoms. The minimum absolute atomic E-state index is 0.0964. The summed E-state index contributed by atoms with van der Waals surface area (Å²) >= 11 is 0. The van der Waals surface area contributed by atoms with Gasteiger partial charge in [-0.25, -0.2) is 22.6 Å². The van der Waals surface area contributed by atoms with Crippen molar-refractivity contribution in [3.8, 4) is 16.9 Å². The molecule has 1 amide bonds. The number of hydrogen-bond acceptors (Lipinski definition) is 11.